The summed E-state index contributed by atoms with van der Waals surface area (Å²) in [5.41, 5.74) is 1.09. The number of nitrogens with zero attached hydrogens (tertiary/aromatic N) is 1. The van der Waals surface area contributed by atoms with Crippen molar-refractivity contribution in [2.24, 2.45) is 5.92 Å². The van der Waals surface area contributed by atoms with Gasteiger partial charge in [0.15, 0.2) is 0 Å². The van der Waals surface area contributed by atoms with Gasteiger partial charge in [-0.1, -0.05) is 24.7 Å². The molecule has 0 aliphatic heterocycles. The van der Waals surface area contributed by atoms with E-state index < -0.39 is 5.97 Å². The van der Waals surface area contributed by atoms with Crippen LogP contribution in [0.1, 0.15) is 36.8 Å². The van der Waals surface area contributed by atoms with Gasteiger partial charge >= 0.3 is 10.8 Å². The molecule has 0 saturated heterocycles. The molecule has 0 radical (unpaired) electrons. The molecule has 1 aromatic heterocycles. The normalized spacial score (nSPS) is 19.0. The zero-order valence-electron chi connectivity index (χ0n) is 9.94. The maximum absolute atomic E-state index is 11.8. The Kier molecular flexibility index (Phi) is 3.66. The third kappa shape index (κ3) is 2.60. The number of thiazole rings is 1. The third-order valence-corrected chi connectivity index (χ3v) is 4.51. The first-order valence-corrected chi connectivity index (χ1v) is 6.86. The van der Waals surface area contributed by atoms with E-state index in [-0.39, 0.29) is 11.3 Å². The molecule has 0 amide bonds. The van der Waals surface area contributed by atoms with Crippen LogP contribution in [-0.2, 0) is 24.2 Å². The minimum absolute atomic E-state index is 0.00741. The molecule has 0 saturated carbocycles. The van der Waals surface area contributed by atoms with E-state index in [9.17, 15) is 9.59 Å². The van der Waals surface area contributed by atoms with Crippen LogP contribution in [0.5, 0.6) is 0 Å². The first-order chi connectivity index (χ1) is 8.11. The van der Waals surface area contributed by atoms with Gasteiger partial charge in [-0.3, -0.25) is 9.59 Å². The van der Waals surface area contributed by atoms with Crippen molar-refractivity contribution in [2.75, 3.05) is 0 Å². The molecule has 1 unspecified atom stereocenters. The largest absolute Gasteiger partial charge is 0.481 e. The summed E-state index contributed by atoms with van der Waals surface area (Å²) in [6, 6.07) is 0. The van der Waals surface area contributed by atoms with Crippen LogP contribution in [0, 0.1) is 5.92 Å². The molecule has 1 aliphatic rings. The van der Waals surface area contributed by atoms with Gasteiger partial charge in [-0.2, -0.15) is 0 Å². The SMILES string of the molecule is CCC1CCc2c(sc(=O)n2CCC(=O)O)C1. The molecule has 1 aliphatic carbocycles. The van der Waals surface area contributed by atoms with Crippen molar-refractivity contribution in [1.82, 2.24) is 4.57 Å². The maximum atomic E-state index is 11.8. The molecule has 1 atom stereocenters. The highest BCUT2D eigenvalue weighted by Crippen LogP contribution is 2.29. The Hall–Kier alpha value is -1.10. The van der Waals surface area contributed by atoms with E-state index in [1.807, 2.05) is 0 Å². The fourth-order valence-corrected chi connectivity index (χ4v) is 3.57. The highest BCUT2D eigenvalue weighted by atomic mass is 32.1. The Labute approximate surface area is 104 Å². The average molecular weight is 255 g/mol. The van der Waals surface area contributed by atoms with Gasteiger partial charge in [0, 0.05) is 17.1 Å². The van der Waals surface area contributed by atoms with Gasteiger partial charge < -0.3 is 9.67 Å². The molecule has 1 heterocycles. The quantitative estimate of drug-likeness (QED) is 0.894. The number of carboxylic acids is 1. The van der Waals surface area contributed by atoms with Crippen LogP contribution >= 0.6 is 11.3 Å². The lowest BCUT2D eigenvalue weighted by atomic mass is 9.89. The predicted molar refractivity (Wildman–Crippen MR) is 66.6 cm³/mol. The summed E-state index contributed by atoms with van der Waals surface area (Å²) in [5, 5.41) is 8.68. The number of aliphatic carboxylic acids is 1. The summed E-state index contributed by atoms with van der Waals surface area (Å²) in [6.07, 6.45) is 4.21. The Morgan fingerprint density at radius 3 is 3.00 bits per heavy atom. The molecule has 0 aromatic carbocycles. The van der Waals surface area contributed by atoms with E-state index >= 15 is 0 Å². The van der Waals surface area contributed by atoms with E-state index in [2.05, 4.69) is 6.92 Å². The summed E-state index contributed by atoms with van der Waals surface area (Å²) in [4.78, 5) is 23.5. The van der Waals surface area contributed by atoms with Crippen LogP contribution < -0.4 is 4.87 Å². The second-order valence-corrected chi connectivity index (χ2v) is 5.60. The minimum atomic E-state index is -0.848. The lowest BCUT2D eigenvalue weighted by molar-refractivity contribution is -0.137. The van der Waals surface area contributed by atoms with Crippen LogP contribution in [0.4, 0.5) is 0 Å². The molecule has 0 bridgehead atoms. The van der Waals surface area contributed by atoms with Crippen molar-refractivity contribution in [3.8, 4) is 0 Å². The lowest BCUT2D eigenvalue weighted by Gasteiger charge is -2.21. The molecule has 5 heteroatoms. The van der Waals surface area contributed by atoms with Crippen molar-refractivity contribution in [1.29, 1.82) is 0 Å². The Morgan fingerprint density at radius 1 is 1.59 bits per heavy atom. The van der Waals surface area contributed by atoms with E-state index in [0.717, 1.165) is 31.4 Å². The maximum Gasteiger partial charge on any atom is 0.307 e. The Morgan fingerprint density at radius 2 is 2.35 bits per heavy atom. The van der Waals surface area contributed by atoms with Gasteiger partial charge in [-0.15, -0.1) is 0 Å². The van der Waals surface area contributed by atoms with Crippen molar-refractivity contribution < 1.29 is 9.90 Å². The van der Waals surface area contributed by atoms with Crippen LogP contribution in [0.2, 0.25) is 0 Å². The molecule has 17 heavy (non-hydrogen) atoms. The minimum Gasteiger partial charge on any atom is -0.481 e. The number of carbonyl (C=O) groups is 1. The number of carboxylic acid groups (broad SMARTS) is 1. The standard InChI is InChI=1S/C12H17NO3S/c1-2-8-3-4-9-10(7-8)17-12(16)13(9)6-5-11(14)15/h8H,2-7H2,1H3,(H,14,15). The van der Waals surface area contributed by atoms with Gasteiger partial charge in [0.1, 0.15) is 0 Å². The molecule has 1 aromatic rings. The number of hydrogen-bond acceptors (Lipinski definition) is 3. The highest BCUT2D eigenvalue weighted by Gasteiger charge is 2.23. The smallest absolute Gasteiger partial charge is 0.307 e. The van der Waals surface area contributed by atoms with Crippen LogP contribution in [0.3, 0.4) is 0 Å². The molecule has 2 rings (SSSR count). The zero-order chi connectivity index (χ0) is 12.4. The van der Waals surface area contributed by atoms with E-state index in [0.29, 0.717) is 12.5 Å². The van der Waals surface area contributed by atoms with Crippen LogP contribution in [0.15, 0.2) is 4.79 Å². The van der Waals surface area contributed by atoms with Gasteiger partial charge in [0.05, 0.1) is 6.42 Å². The summed E-state index contributed by atoms with van der Waals surface area (Å²) < 4.78 is 1.67. The molecule has 94 valence electrons. The molecular weight excluding hydrogens is 238 g/mol. The fourth-order valence-electron chi connectivity index (χ4n) is 2.40. The van der Waals surface area contributed by atoms with E-state index in [1.54, 1.807) is 4.57 Å². The first-order valence-electron chi connectivity index (χ1n) is 6.05. The summed E-state index contributed by atoms with van der Waals surface area (Å²) in [6.45, 7) is 2.50. The number of fused-ring (bicyclic) bond motifs is 1. The summed E-state index contributed by atoms with van der Waals surface area (Å²) in [5.74, 6) is -0.160. The van der Waals surface area contributed by atoms with E-state index in [1.165, 1.54) is 16.2 Å². The number of rotatable bonds is 4. The number of hydrogen-bond donors (Lipinski definition) is 1. The monoisotopic (exact) mass is 255 g/mol. The molecule has 4 nitrogen and oxygen atoms in total. The topological polar surface area (TPSA) is 59.3 Å². The van der Waals surface area contributed by atoms with Gasteiger partial charge in [0.2, 0.25) is 0 Å². The van der Waals surface area contributed by atoms with E-state index in [4.69, 9.17) is 5.11 Å². The molecular formula is C12H17NO3S. The number of aromatic nitrogens is 1. The average Bonchev–Trinajstić information content (AvgIpc) is 2.60. The van der Waals surface area contributed by atoms with Crippen molar-refractivity contribution in [3.05, 3.63) is 20.2 Å². The van der Waals surface area contributed by atoms with Gasteiger partial charge in [0.25, 0.3) is 0 Å². The van der Waals surface area contributed by atoms with Crippen molar-refractivity contribution in [2.45, 2.75) is 45.6 Å². The third-order valence-electron chi connectivity index (χ3n) is 3.47. The zero-order valence-corrected chi connectivity index (χ0v) is 10.8. The Bertz CT molecular complexity index is 475. The molecule has 0 spiro atoms. The summed E-state index contributed by atoms with van der Waals surface area (Å²) >= 11 is 1.30. The second-order valence-electron chi connectivity index (χ2n) is 4.55. The molecule has 1 N–H and O–H groups in total. The van der Waals surface area contributed by atoms with Crippen molar-refractivity contribution >= 4 is 17.3 Å². The Balaban J connectivity index is 2.21. The van der Waals surface area contributed by atoms with Crippen molar-refractivity contribution in [3.63, 3.8) is 0 Å². The lowest BCUT2D eigenvalue weighted by Crippen LogP contribution is -2.21. The highest BCUT2D eigenvalue weighted by molar-refractivity contribution is 7.09. The first kappa shape index (κ1) is 12.4. The van der Waals surface area contributed by atoms with Crippen LogP contribution in [0.25, 0.3) is 0 Å². The predicted octanol–water partition coefficient (Wildman–Crippen LogP) is 1.90. The van der Waals surface area contributed by atoms with Crippen LogP contribution in [-0.4, -0.2) is 15.6 Å². The fraction of sp³-hybridized carbons (Fsp3) is 0.667. The second kappa shape index (κ2) is 5.04. The summed E-state index contributed by atoms with van der Waals surface area (Å²) in [7, 11) is 0. The molecule has 0 fully saturated rings. The van der Waals surface area contributed by atoms with Gasteiger partial charge in [-0.05, 0) is 25.2 Å². The van der Waals surface area contributed by atoms with Gasteiger partial charge in [-0.25, -0.2) is 0 Å².